The molecule has 0 fully saturated rings. The largest absolute Gasteiger partial charge is 0.491 e. The van der Waals surface area contributed by atoms with Crippen LogP contribution in [-0.4, -0.2) is 23.8 Å². The van der Waals surface area contributed by atoms with Crippen molar-refractivity contribution in [2.24, 2.45) is 0 Å². The van der Waals surface area contributed by atoms with Crippen LogP contribution >= 0.6 is 11.6 Å². The number of halogens is 1. The molecule has 1 aromatic heterocycles. The van der Waals surface area contributed by atoms with Gasteiger partial charge in [-0.25, -0.2) is 0 Å². The minimum Gasteiger partial charge on any atom is -0.491 e. The highest BCUT2D eigenvalue weighted by Crippen LogP contribution is 2.36. The molecular formula is C16H19ClN2O3. The van der Waals surface area contributed by atoms with Gasteiger partial charge in [0, 0.05) is 18.3 Å². The number of pyridine rings is 1. The summed E-state index contributed by atoms with van der Waals surface area (Å²) in [6.07, 6.45) is 3.33. The zero-order chi connectivity index (χ0) is 15.9. The van der Waals surface area contributed by atoms with Crippen LogP contribution in [0.2, 0.25) is 5.02 Å². The maximum absolute atomic E-state index is 9.32. The molecule has 22 heavy (non-hydrogen) atoms. The number of aliphatic hydroxyl groups excluding tert-OH is 1. The minimum absolute atomic E-state index is 0.0432. The van der Waals surface area contributed by atoms with Gasteiger partial charge in [-0.15, -0.1) is 0 Å². The Morgan fingerprint density at radius 2 is 2.18 bits per heavy atom. The van der Waals surface area contributed by atoms with Gasteiger partial charge in [0.25, 0.3) is 0 Å². The fourth-order valence-electron chi connectivity index (χ4n) is 2.10. The summed E-state index contributed by atoms with van der Waals surface area (Å²) in [6.45, 7) is 2.92. The number of hydrogen-bond acceptors (Lipinski definition) is 5. The third-order valence-electron chi connectivity index (χ3n) is 3.14. The highest BCUT2D eigenvalue weighted by atomic mass is 35.5. The summed E-state index contributed by atoms with van der Waals surface area (Å²) in [7, 11) is 1.56. The van der Waals surface area contributed by atoms with Gasteiger partial charge in [0.1, 0.15) is 0 Å². The second kappa shape index (κ2) is 7.87. The van der Waals surface area contributed by atoms with Crippen molar-refractivity contribution in [3.8, 4) is 11.5 Å². The fourth-order valence-corrected chi connectivity index (χ4v) is 2.41. The molecule has 2 rings (SSSR count). The number of hydrogen-bond donors (Lipinski definition) is 2. The smallest absolute Gasteiger partial charge is 0.179 e. The third kappa shape index (κ3) is 3.81. The molecule has 0 spiro atoms. The Morgan fingerprint density at radius 3 is 2.86 bits per heavy atom. The highest BCUT2D eigenvalue weighted by molar-refractivity contribution is 6.32. The fraction of sp³-hybridized carbons (Fsp3) is 0.312. The Balaban J connectivity index is 2.19. The van der Waals surface area contributed by atoms with Crippen molar-refractivity contribution >= 4 is 17.3 Å². The molecule has 0 saturated carbocycles. The molecule has 2 N–H and O–H groups in total. The second-order valence-electron chi connectivity index (χ2n) is 4.59. The van der Waals surface area contributed by atoms with Gasteiger partial charge in [0.05, 0.1) is 37.2 Å². The summed E-state index contributed by atoms with van der Waals surface area (Å²) in [4.78, 5) is 4.05. The van der Waals surface area contributed by atoms with E-state index in [1.807, 2.05) is 19.1 Å². The summed E-state index contributed by atoms with van der Waals surface area (Å²) in [5, 5.41) is 13.1. The number of methoxy groups -OCH3 is 1. The number of aliphatic hydroxyl groups is 1. The molecule has 0 amide bonds. The van der Waals surface area contributed by atoms with Crippen LogP contribution in [0.3, 0.4) is 0 Å². The van der Waals surface area contributed by atoms with Gasteiger partial charge < -0.3 is 19.9 Å². The Bertz CT molecular complexity index is 635. The summed E-state index contributed by atoms with van der Waals surface area (Å²) in [5.74, 6) is 1.15. The van der Waals surface area contributed by atoms with Crippen LogP contribution in [0.4, 0.5) is 5.69 Å². The summed E-state index contributed by atoms with van der Waals surface area (Å²) >= 11 is 6.23. The molecule has 0 atom stereocenters. The lowest BCUT2D eigenvalue weighted by Gasteiger charge is -2.14. The van der Waals surface area contributed by atoms with E-state index < -0.39 is 0 Å². The Kier molecular flexibility index (Phi) is 5.86. The molecule has 6 heteroatoms. The van der Waals surface area contributed by atoms with E-state index in [-0.39, 0.29) is 6.61 Å². The Labute approximate surface area is 134 Å². The van der Waals surface area contributed by atoms with Crippen LogP contribution < -0.4 is 14.8 Å². The van der Waals surface area contributed by atoms with Crippen LogP contribution in [0.25, 0.3) is 0 Å². The third-order valence-corrected chi connectivity index (χ3v) is 3.42. The number of benzene rings is 1. The van der Waals surface area contributed by atoms with E-state index in [0.717, 1.165) is 16.8 Å². The zero-order valence-electron chi connectivity index (χ0n) is 12.6. The predicted octanol–water partition coefficient (Wildman–Crippen LogP) is 3.25. The van der Waals surface area contributed by atoms with Gasteiger partial charge in [-0.1, -0.05) is 11.6 Å². The molecule has 1 heterocycles. The van der Waals surface area contributed by atoms with E-state index in [0.29, 0.717) is 29.7 Å². The molecule has 0 unspecified atom stereocenters. The topological polar surface area (TPSA) is 63.6 Å². The highest BCUT2D eigenvalue weighted by Gasteiger charge is 2.11. The van der Waals surface area contributed by atoms with E-state index in [9.17, 15) is 5.11 Å². The number of nitrogens with one attached hydrogen (secondary N) is 1. The first-order valence-corrected chi connectivity index (χ1v) is 7.34. The Hall–Kier alpha value is -1.98. The molecule has 1 aromatic carbocycles. The zero-order valence-corrected chi connectivity index (χ0v) is 13.4. The SMILES string of the molecule is CCOc1cc(CNc2cnccc2CO)cc(Cl)c1OC. The molecule has 118 valence electrons. The first-order chi connectivity index (χ1) is 10.7. The standard InChI is InChI=1S/C16H19ClN2O3/c1-3-22-15-7-11(6-13(17)16(15)21-2)8-19-14-9-18-5-4-12(14)10-20/h4-7,9,19-20H,3,8,10H2,1-2H3. The van der Waals surface area contributed by atoms with Crippen molar-refractivity contribution in [2.45, 2.75) is 20.1 Å². The second-order valence-corrected chi connectivity index (χ2v) is 4.99. The van der Waals surface area contributed by atoms with Gasteiger partial charge in [-0.05, 0) is 30.7 Å². The monoisotopic (exact) mass is 322 g/mol. The average molecular weight is 323 g/mol. The first kappa shape index (κ1) is 16.4. The number of ether oxygens (including phenoxy) is 2. The lowest BCUT2D eigenvalue weighted by atomic mass is 10.1. The molecule has 5 nitrogen and oxygen atoms in total. The van der Waals surface area contributed by atoms with Crippen LogP contribution in [0.1, 0.15) is 18.1 Å². The molecule has 0 bridgehead atoms. The molecule has 2 aromatic rings. The van der Waals surface area contributed by atoms with Crippen molar-refractivity contribution in [1.29, 1.82) is 0 Å². The van der Waals surface area contributed by atoms with Crippen LogP contribution in [0, 0.1) is 0 Å². The van der Waals surface area contributed by atoms with Gasteiger partial charge >= 0.3 is 0 Å². The van der Waals surface area contributed by atoms with E-state index in [4.69, 9.17) is 21.1 Å². The summed E-state index contributed by atoms with van der Waals surface area (Å²) in [5.41, 5.74) is 2.52. The van der Waals surface area contributed by atoms with Crippen LogP contribution in [0.5, 0.6) is 11.5 Å². The Morgan fingerprint density at radius 1 is 1.36 bits per heavy atom. The van der Waals surface area contributed by atoms with Gasteiger partial charge in [0.15, 0.2) is 11.5 Å². The molecule has 0 aliphatic carbocycles. The van der Waals surface area contributed by atoms with Crippen molar-refractivity contribution in [3.63, 3.8) is 0 Å². The van der Waals surface area contributed by atoms with Crippen molar-refractivity contribution in [3.05, 3.63) is 46.7 Å². The molecule has 0 radical (unpaired) electrons. The maximum Gasteiger partial charge on any atom is 0.179 e. The molecular weight excluding hydrogens is 304 g/mol. The van der Waals surface area contributed by atoms with E-state index in [2.05, 4.69) is 10.3 Å². The molecule has 0 aliphatic heterocycles. The van der Waals surface area contributed by atoms with E-state index in [1.54, 1.807) is 25.6 Å². The number of aromatic nitrogens is 1. The van der Waals surface area contributed by atoms with Crippen molar-refractivity contribution < 1.29 is 14.6 Å². The molecule has 0 aliphatic rings. The average Bonchev–Trinajstić information content (AvgIpc) is 2.53. The number of nitrogens with zero attached hydrogens (tertiary/aromatic N) is 1. The lowest BCUT2D eigenvalue weighted by Crippen LogP contribution is -2.04. The summed E-state index contributed by atoms with van der Waals surface area (Å²) in [6, 6.07) is 5.48. The quantitative estimate of drug-likeness (QED) is 0.819. The van der Waals surface area contributed by atoms with Crippen LogP contribution in [0.15, 0.2) is 30.6 Å². The van der Waals surface area contributed by atoms with E-state index >= 15 is 0 Å². The maximum atomic E-state index is 9.32. The normalized spacial score (nSPS) is 10.4. The van der Waals surface area contributed by atoms with Gasteiger partial charge in [0.2, 0.25) is 0 Å². The van der Waals surface area contributed by atoms with E-state index in [1.165, 1.54) is 0 Å². The predicted molar refractivity (Wildman–Crippen MR) is 86.7 cm³/mol. The lowest BCUT2D eigenvalue weighted by molar-refractivity contribution is 0.282. The molecule has 0 saturated heterocycles. The minimum atomic E-state index is -0.0432. The van der Waals surface area contributed by atoms with Crippen LogP contribution in [-0.2, 0) is 13.2 Å². The van der Waals surface area contributed by atoms with Crippen molar-refractivity contribution in [2.75, 3.05) is 19.0 Å². The van der Waals surface area contributed by atoms with Crippen molar-refractivity contribution in [1.82, 2.24) is 4.98 Å². The number of rotatable bonds is 7. The summed E-state index contributed by atoms with van der Waals surface area (Å²) < 4.78 is 10.8. The number of anilines is 1. The van der Waals surface area contributed by atoms with Gasteiger partial charge in [-0.3, -0.25) is 4.98 Å². The first-order valence-electron chi connectivity index (χ1n) is 6.96. The van der Waals surface area contributed by atoms with Gasteiger partial charge in [-0.2, -0.15) is 0 Å².